The Hall–Kier alpha value is -1.74. The number of benzene rings is 1. The van der Waals surface area contributed by atoms with Crippen molar-refractivity contribution in [2.24, 2.45) is 0 Å². The fourth-order valence-electron chi connectivity index (χ4n) is 2.25. The van der Waals surface area contributed by atoms with E-state index in [2.05, 4.69) is 60.3 Å². The van der Waals surface area contributed by atoms with E-state index < -0.39 is 0 Å². The van der Waals surface area contributed by atoms with Crippen LogP contribution in [0.2, 0.25) is 0 Å². The Morgan fingerprint density at radius 3 is 2.10 bits per heavy atom. The van der Waals surface area contributed by atoms with Gasteiger partial charge in [0.25, 0.3) is 0 Å². The van der Waals surface area contributed by atoms with Crippen LogP contribution in [0.3, 0.4) is 0 Å². The van der Waals surface area contributed by atoms with E-state index >= 15 is 0 Å². The molecule has 0 aliphatic rings. The van der Waals surface area contributed by atoms with Crippen molar-refractivity contribution in [2.45, 2.75) is 39.2 Å². The molecule has 1 N–H and O–H groups in total. The van der Waals surface area contributed by atoms with E-state index in [0.717, 1.165) is 18.5 Å². The lowest BCUT2D eigenvalue weighted by atomic mass is 9.96. The zero-order valence-corrected chi connectivity index (χ0v) is 12.5. The van der Waals surface area contributed by atoms with E-state index in [9.17, 15) is 0 Å². The van der Waals surface area contributed by atoms with Gasteiger partial charge in [-0.1, -0.05) is 45.0 Å². The second-order valence-corrected chi connectivity index (χ2v) is 5.38. The number of nitrogens with zero attached hydrogens (tertiary/aromatic N) is 2. The molecule has 1 heterocycles. The second kappa shape index (κ2) is 7.15. The Balaban J connectivity index is 2.26. The van der Waals surface area contributed by atoms with Crippen LogP contribution in [-0.4, -0.2) is 16.5 Å². The minimum absolute atomic E-state index is 0.164. The Labute approximate surface area is 121 Å². The molecule has 1 aromatic carbocycles. The number of nitrogens with one attached hydrogen (secondary N) is 1. The van der Waals surface area contributed by atoms with E-state index in [4.69, 9.17) is 0 Å². The molecule has 0 aliphatic carbocycles. The van der Waals surface area contributed by atoms with Crippen molar-refractivity contribution in [1.29, 1.82) is 0 Å². The van der Waals surface area contributed by atoms with Crippen molar-refractivity contribution < 1.29 is 0 Å². The molecule has 0 fully saturated rings. The van der Waals surface area contributed by atoms with E-state index in [1.54, 1.807) is 6.33 Å². The molecular weight excluding hydrogens is 246 g/mol. The predicted molar refractivity (Wildman–Crippen MR) is 82.7 cm³/mol. The summed E-state index contributed by atoms with van der Waals surface area (Å²) < 4.78 is 0. The highest BCUT2D eigenvalue weighted by Gasteiger charge is 2.14. The van der Waals surface area contributed by atoms with Gasteiger partial charge in [-0.25, -0.2) is 9.97 Å². The molecule has 20 heavy (non-hydrogen) atoms. The Bertz CT molecular complexity index is 506. The first kappa shape index (κ1) is 14.7. The molecule has 0 aliphatic heterocycles. The predicted octanol–water partition coefficient (Wildman–Crippen LogP) is 3.69. The maximum atomic E-state index is 4.13. The van der Waals surface area contributed by atoms with Crippen LogP contribution in [0.15, 0.2) is 43.0 Å². The largest absolute Gasteiger partial charge is 0.306 e. The summed E-state index contributed by atoms with van der Waals surface area (Å²) in [5.41, 5.74) is 3.74. The summed E-state index contributed by atoms with van der Waals surface area (Å²) >= 11 is 0. The molecule has 3 nitrogen and oxygen atoms in total. The molecule has 0 radical (unpaired) electrons. The fraction of sp³-hybridized carbons (Fsp3) is 0.412. The molecule has 106 valence electrons. The fourth-order valence-corrected chi connectivity index (χ4v) is 2.25. The summed E-state index contributed by atoms with van der Waals surface area (Å²) in [6, 6.07) is 9.00. The van der Waals surface area contributed by atoms with Crippen molar-refractivity contribution in [3.63, 3.8) is 0 Å². The quantitative estimate of drug-likeness (QED) is 0.869. The van der Waals surface area contributed by atoms with Gasteiger partial charge in [0.1, 0.15) is 6.33 Å². The summed E-state index contributed by atoms with van der Waals surface area (Å²) in [6.45, 7) is 7.58. The van der Waals surface area contributed by atoms with Crippen LogP contribution in [0.25, 0.3) is 0 Å². The average Bonchev–Trinajstić information content (AvgIpc) is 2.49. The van der Waals surface area contributed by atoms with Crippen LogP contribution in [0.4, 0.5) is 0 Å². The zero-order chi connectivity index (χ0) is 14.4. The molecule has 0 spiro atoms. The highest BCUT2D eigenvalue weighted by Crippen LogP contribution is 2.23. The topological polar surface area (TPSA) is 37.8 Å². The van der Waals surface area contributed by atoms with Crippen LogP contribution >= 0.6 is 0 Å². The van der Waals surface area contributed by atoms with Crippen LogP contribution in [0.1, 0.15) is 55.8 Å². The van der Waals surface area contributed by atoms with Gasteiger partial charge in [0.2, 0.25) is 0 Å². The van der Waals surface area contributed by atoms with Crippen molar-refractivity contribution in [3.05, 3.63) is 59.7 Å². The number of hydrogen-bond donors (Lipinski definition) is 1. The van der Waals surface area contributed by atoms with Gasteiger partial charge in [-0.2, -0.15) is 0 Å². The van der Waals surface area contributed by atoms with Gasteiger partial charge in [0.05, 0.1) is 6.04 Å². The zero-order valence-electron chi connectivity index (χ0n) is 12.5. The summed E-state index contributed by atoms with van der Waals surface area (Å²) in [6.07, 6.45) is 6.45. The van der Waals surface area contributed by atoms with E-state index in [0.29, 0.717) is 5.92 Å². The van der Waals surface area contributed by atoms with Gasteiger partial charge < -0.3 is 5.32 Å². The van der Waals surface area contributed by atoms with Crippen molar-refractivity contribution >= 4 is 0 Å². The maximum absolute atomic E-state index is 4.13. The molecular formula is C17H23N3. The summed E-state index contributed by atoms with van der Waals surface area (Å²) in [5.74, 6) is 0.561. The first-order valence-electron chi connectivity index (χ1n) is 7.30. The van der Waals surface area contributed by atoms with Gasteiger partial charge in [-0.15, -0.1) is 0 Å². The standard InChI is InChI=1S/C17H23N3/c1-4-9-20-17(16-10-18-12-19-11-16)15-7-5-14(6-8-15)13(2)3/h5-8,10-13,17,20H,4,9H2,1-3H3. The lowest BCUT2D eigenvalue weighted by Crippen LogP contribution is -2.23. The molecule has 1 atom stereocenters. The molecule has 0 amide bonds. The lowest BCUT2D eigenvalue weighted by molar-refractivity contribution is 0.594. The molecule has 1 unspecified atom stereocenters. The van der Waals surface area contributed by atoms with Crippen LogP contribution in [0, 0.1) is 0 Å². The Kier molecular flexibility index (Phi) is 5.24. The van der Waals surface area contributed by atoms with Crippen molar-refractivity contribution in [2.75, 3.05) is 6.54 Å². The van der Waals surface area contributed by atoms with Crippen LogP contribution < -0.4 is 5.32 Å². The Morgan fingerprint density at radius 2 is 1.55 bits per heavy atom. The van der Waals surface area contributed by atoms with Gasteiger partial charge >= 0.3 is 0 Å². The third-order valence-electron chi connectivity index (χ3n) is 3.45. The van der Waals surface area contributed by atoms with E-state index in [-0.39, 0.29) is 6.04 Å². The van der Waals surface area contributed by atoms with Crippen LogP contribution in [0.5, 0.6) is 0 Å². The average molecular weight is 269 g/mol. The third kappa shape index (κ3) is 3.64. The normalized spacial score (nSPS) is 12.6. The van der Waals surface area contributed by atoms with Crippen molar-refractivity contribution in [3.8, 4) is 0 Å². The lowest BCUT2D eigenvalue weighted by Gasteiger charge is -2.19. The first-order chi connectivity index (χ1) is 9.72. The SMILES string of the molecule is CCCNC(c1ccc(C(C)C)cc1)c1cncnc1. The van der Waals surface area contributed by atoms with Gasteiger partial charge in [0.15, 0.2) is 0 Å². The second-order valence-electron chi connectivity index (χ2n) is 5.38. The van der Waals surface area contributed by atoms with E-state index in [1.807, 2.05) is 12.4 Å². The highest BCUT2D eigenvalue weighted by atomic mass is 14.9. The molecule has 0 saturated heterocycles. The van der Waals surface area contributed by atoms with Crippen molar-refractivity contribution in [1.82, 2.24) is 15.3 Å². The summed E-state index contributed by atoms with van der Waals surface area (Å²) in [5, 5.41) is 3.57. The van der Waals surface area contributed by atoms with Gasteiger partial charge in [0, 0.05) is 18.0 Å². The molecule has 0 saturated carbocycles. The number of hydrogen-bond acceptors (Lipinski definition) is 3. The number of rotatable bonds is 6. The molecule has 2 aromatic rings. The molecule has 0 bridgehead atoms. The monoisotopic (exact) mass is 269 g/mol. The summed E-state index contributed by atoms with van der Waals surface area (Å²) in [7, 11) is 0. The maximum Gasteiger partial charge on any atom is 0.115 e. The van der Waals surface area contributed by atoms with Gasteiger partial charge in [-0.05, 0) is 30.0 Å². The molecule has 1 aromatic heterocycles. The first-order valence-corrected chi connectivity index (χ1v) is 7.30. The summed E-state index contributed by atoms with van der Waals surface area (Å²) in [4.78, 5) is 8.27. The molecule has 2 rings (SSSR count). The minimum atomic E-state index is 0.164. The van der Waals surface area contributed by atoms with Crippen LogP contribution in [-0.2, 0) is 0 Å². The smallest absolute Gasteiger partial charge is 0.115 e. The Morgan fingerprint density at radius 1 is 0.950 bits per heavy atom. The molecule has 3 heteroatoms. The van der Waals surface area contributed by atoms with E-state index in [1.165, 1.54) is 11.1 Å². The highest BCUT2D eigenvalue weighted by molar-refractivity contribution is 5.32. The number of aromatic nitrogens is 2. The minimum Gasteiger partial charge on any atom is -0.306 e. The third-order valence-corrected chi connectivity index (χ3v) is 3.45. The van der Waals surface area contributed by atoms with Gasteiger partial charge in [-0.3, -0.25) is 0 Å².